The highest BCUT2D eigenvalue weighted by atomic mass is 32.2. The molecule has 112 valence electrons. The van der Waals surface area contributed by atoms with Gasteiger partial charge in [0.1, 0.15) is 6.04 Å². The van der Waals surface area contributed by atoms with Crippen LogP contribution in [0.2, 0.25) is 0 Å². The predicted molar refractivity (Wildman–Crippen MR) is 81.7 cm³/mol. The SMILES string of the molecule is O=C(O)C(NCC(=O)N1CCSc2ccccc21)C1CC1. The van der Waals surface area contributed by atoms with E-state index < -0.39 is 12.0 Å². The Bertz CT molecular complexity index is 560. The first kappa shape index (κ1) is 14.4. The van der Waals surface area contributed by atoms with Gasteiger partial charge in [0, 0.05) is 17.2 Å². The fourth-order valence-electron chi connectivity index (χ4n) is 2.61. The van der Waals surface area contributed by atoms with Crippen LogP contribution in [-0.4, -0.2) is 41.9 Å². The van der Waals surface area contributed by atoms with Crippen molar-refractivity contribution in [3.63, 3.8) is 0 Å². The molecule has 1 atom stereocenters. The van der Waals surface area contributed by atoms with Gasteiger partial charge in [0.15, 0.2) is 0 Å². The smallest absolute Gasteiger partial charge is 0.320 e. The summed E-state index contributed by atoms with van der Waals surface area (Å²) >= 11 is 1.75. The fraction of sp³-hybridized carbons (Fsp3) is 0.467. The molecular formula is C15H18N2O3S. The molecule has 1 aliphatic carbocycles. The second-order valence-electron chi connectivity index (χ2n) is 5.40. The van der Waals surface area contributed by atoms with E-state index in [1.807, 2.05) is 24.3 Å². The van der Waals surface area contributed by atoms with Gasteiger partial charge in [-0.3, -0.25) is 14.9 Å². The molecular weight excluding hydrogens is 288 g/mol. The van der Waals surface area contributed by atoms with Crippen LogP contribution in [0.4, 0.5) is 5.69 Å². The Labute approximate surface area is 127 Å². The lowest BCUT2D eigenvalue weighted by Crippen LogP contribution is -2.47. The zero-order valence-electron chi connectivity index (χ0n) is 11.6. The number of hydrogen-bond donors (Lipinski definition) is 2. The average molecular weight is 306 g/mol. The second kappa shape index (κ2) is 6.07. The molecule has 1 fully saturated rings. The van der Waals surface area contributed by atoms with Crippen LogP contribution in [0.1, 0.15) is 12.8 Å². The highest BCUT2D eigenvalue weighted by Crippen LogP contribution is 2.35. The summed E-state index contributed by atoms with van der Waals surface area (Å²) in [6.45, 7) is 0.746. The highest BCUT2D eigenvalue weighted by Gasteiger charge is 2.36. The van der Waals surface area contributed by atoms with Crippen LogP contribution in [0.5, 0.6) is 0 Å². The summed E-state index contributed by atoms with van der Waals surface area (Å²) in [4.78, 5) is 26.4. The van der Waals surface area contributed by atoms with Gasteiger partial charge in [0.2, 0.25) is 5.91 Å². The third-order valence-electron chi connectivity index (χ3n) is 3.86. The lowest BCUT2D eigenvalue weighted by atomic mass is 10.2. The Morgan fingerprint density at radius 1 is 1.38 bits per heavy atom. The summed E-state index contributed by atoms with van der Waals surface area (Å²) in [5, 5.41) is 12.1. The number of thioether (sulfide) groups is 1. The number of aliphatic carboxylic acids is 1. The van der Waals surface area contributed by atoms with Crippen LogP contribution in [0.3, 0.4) is 0 Å². The van der Waals surface area contributed by atoms with Gasteiger partial charge in [-0.1, -0.05) is 12.1 Å². The van der Waals surface area contributed by atoms with E-state index in [-0.39, 0.29) is 18.4 Å². The summed E-state index contributed by atoms with van der Waals surface area (Å²) in [5.41, 5.74) is 0.929. The van der Waals surface area contributed by atoms with E-state index in [0.29, 0.717) is 6.54 Å². The molecule has 5 nitrogen and oxygen atoms in total. The molecule has 0 aromatic heterocycles. The number of fused-ring (bicyclic) bond motifs is 1. The molecule has 0 saturated heterocycles. The Hall–Kier alpha value is -1.53. The van der Waals surface area contributed by atoms with Crippen LogP contribution >= 0.6 is 11.8 Å². The largest absolute Gasteiger partial charge is 0.480 e. The number of rotatable bonds is 5. The lowest BCUT2D eigenvalue weighted by molar-refractivity contribution is -0.140. The summed E-state index contributed by atoms with van der Waals surface area (Å²) in [5.74, 6) is 0.127. The summed E-state index contributed by atoms with van der Waals surface area (Å²) in [6, 6.07) is 7.24. The van der Waals surface area contributed by atoms with Crippen molar-refractivity contribution in [2.24, 2.45) is 5.92 Å². The van der Waals surface area contributed by atoms with Gasteiger partial charge in [-0.05, 0) is 30.9 Å². The van der Waals surface area contributed by atoms with Crippen molar-refractivity contribution in [2.75, 3.05) is 23.7 Å². The van der Waals surface area contributed by atoms with Crippen molar-refractivity contribution in [3.05, 3.63) is 24.3 Å². The Morgan fingerprint density at radius 3 is 2.86 bits per heavy atom. The van der Waals surface area contributed by atoms with Crippen molar-refractivity contribution in [1.82, 2.24) is 5.32 Å². The van der Waals surface area contributed by atoms with Crippen LogP contribution in [0.25, 0.3) is 0 Å². The molecule has 0 spiro atoms. The minimum atomic E-state index is -0.861. The number of amides is 1. The average Bonchev–Trinajstić information content (AvgIpc) is 3.31. The number of carbonyl (C=O) groups excluding carboxylic acids is 1. The van der Waals surface area contributed by atoms with E-state index in [1.54, 1.807) is 16.7 Å². The first-order valence-electron chi connectivity index (χ1n) is 7.15. The normalized spacial score (nSPS) is 19.0. The molecule has 21 heavy (non-hydrogen) atoms. The third kappa shape index (κ3) is 3.22. The quantitative estimate of drug-likeness (QED) is 0.864. The summed E-state index contributed by atoms with van der Waals surface area (Å²) in [6.07, 6.45) is 1.86. The van der Waals surface area contributed by atoms with Crippen LogP contribution in [-0.2, 0) is 9.59 Å². The first-order valence-corrected chi connectivity index (χ1v) is 8.14. The van der Waals surface area contributed by atoms with E-state index in [1.165, 1.54) is 0 Å². The van der Waals surface area contributed by atoms with Gasteiger partial charge >= 0.3 is 5.97 Å². The molecule has 6 heteroatoms. The van der Waals surface area contributed by atoms with Gasteiger partial charge in [-0.25, -0.2) is 0 Å². The van der Waals surface area contributed by atoms with Crippen LogP contribution in [0, 0.1) is 5.92 Å². The lowest BCUT2D eigenvalue weighted by Gasteiger charge is -2.29. The minimum Gasteiger partial charge on any atom is -0.480 e. The van der Waals surface area contributed by atoms with Gasteiger partial charge in [-0.15, -0.1) is 11.8 Å². The third-order valence-corrected chi connectivity index (χ3v) is 4.91. The predicted octanol–water partition coefficient (Wildman–Crippen LogP) is 1.58. The van der Waals surface area contributed by atoms with Crippen molar-refractivity contribution < 1.29 is 14.7 Å². The minimum absolute atomic E-state index is 0.0605. The number of carboxylic acid groups (broad SMARTS) is 1. The Balaban J connectivity index is 1.65. The maximum absolute atomic E-state index is 12.4. The maximum Gasteiger partial charge on any atom is 0.320 e. The molecule has 0 radical (unpaired) electrons. The van der Waals surface area contributed by atoms with Gasteiger partial charge < -0.3 is 10.0 Å². The molecule has 1 aliphatic heterocycles. The van der Waals surface area contributed by atoms with Gasteiger partial charge in [-0.2, -0.15) is 0 Å². The molecule has 2 aliphatic rings. The van der Waals surface area contributed by atoms with Crippen molar-refractivity contribution >= 4 is 29.3 Å². The van der Waals surface area contributed by atoms with Gasteiger partial charge in [0.05, 0.1) is 12.2 Å². The molecule has 0 bridgehead atoms. The highest BCUT2D eigenvalue weighted by molar-refractivity contribution is 7.99. The number of nitrogens with zero attached hydrogens (tertiary/aromatic N) is 1. The molecule has 3 rings (SSSR count). The van der Waals surface area contributed by atoms with Crippen molar-refractivity contribution in [3.8, 4) is 0 Å². The Morgan fingerprint density at radius 2 is 2.14 bits per heavy atom. The number of carbonyl (C=O) groups is 2. The molecule has 1 aromatic rings. The molecule has 1 saturated carbocycles. The van der Waals surface area contributed by atoms with E-state index in [0.717, 1.165) is 29.2 Å². The molecule has 2 N–H and O–H groups in total. The van der Waals surface area contributed by atoms with E-state index >= 15 is 0 Å². The number of para-hydroxylation sites is 1. The number of nitrogens with one attached hydrogen (secondary N) is 1. The molecule has 1 unspecified atom stereocenters. The van der Waals surface area contributed by atoms with E-state index in [4.69, 9.17) is 0 Å². The first-order chi connectivity index (χ1) is 10.2. The topological polar surface area (TPSA) is 69.6 Å². The Kier molecular flexibility index (Phi) is 4.17. The van der Waals surface area contributed by atoms with E-state index in [2.05, 4.69) is 5.32 Å². The van der Waals surface area contributed by atoms with E-state index in [9.17, 15) is 14.7 Å². The number of hydrogen-bond acceptors (Lipinski definition) is 4. The van der Waals surface area contributed by atoms with Crippen LogP contribution in [0.15, 0.2) is 29.2 Å². The van der Waals surface area contributed by atoms with Crippen molar-refractivity contribution in [1.29, 1.82) is 0 Å². The zero-order chi connectivity index (χ0) is 14.8. The van der Waals surface area contributed by atoms with Crippen LogP contribution < -0.4 is 10.2 Å². The maximum atomic E-state index is 12.4. The standard InChI is InChI=1S/C15H18N2O3S/c18-13(9-16-14(15(19)20)10-5-6-10)17-7-8-21-12-4-2-1-3-11(12)17/h1-4,10,14,16H,5-9H2,(H,19,20). The van der Waals surface area contributed by atoms with Gasteiger partial charge in [0.25, 0.3) is 0 Å². The second-order valence-corrected chi connectivity index (χ2v) is 6.53. The number of carboxylic acids is 1. The summed E-state index contributed by atoms with van der Waals surface area (Å²) < 4.78 is 0. The van der Waals surface area contributed by atoms with Crippen molar-refractivity contribution in [2.45, 2.75) is 23.8 Å². The fourth-order valence-corrected chi connectivity index (χ4v) is 3.60. The molecule has 1 amide bonds. The zero-order valence-corrected chi connectivity index (χ0v) is 12.4. The number of anilines is 1. The molecule has 1 aromatic carbocycles. The monoisotopic (exact) mass is 306 g/mol. The number of benzene rings is 1. The summed E-state index contributed by atoms with van der Waals surface area (Å²) in [7, 11) is 0. The molecule has 1 heterocycles.